The minimum atomic E-state index is -0.0812. The quantitative estimate of drug-likeness (QED) is 0.501. The number of aryl methyl sites for hydroxylation is 1. The minimum absolute atomic E-state index is 0.0812. The van der Waals surface area contributed by atoms with Crippen molar-refractivity contribution in [2.45, 2.75) is 18.9 Å². The van der Waals surface area contributed by atoms with Crippen molar-refractivity contribution >= 4 is 34.9 Å². The largest absolute Gasteiger partial charge is 0.494 e. The molecule has 3 aromatic rings. The third-order valence-corrected chi connectivity index (χ3v) is 6.32. The lowest BCUT2D eigenvalue weighted by molar-refractivity contribution is -0.113. The lowest BCUT2D eigenvalue weighted by Crippen LogP contribution is -2.46. The Labute approximate surface area is 199 Å². The van der Waals surface area contributed by atoms with Gasteiger partial charge in [0.05, 0.1) is 12.4 Å². The molecular weight excluding hydrogens is 434 g/mol. The Kier molecular flexibility index (Phi) is 7.67. The average molecular weight is 464 g/mol. The molecule has 1 amide bonds. The van der Waals surface area contributed by atoms with Gasteiger partial charge in [-0.2, -0.15) is 0 Å². The lowest BCUT2D eigenvalue weighted by Gasteiger charge is -2.36. The van der Waals surface area contributed by atoms with Crippen LogP contribution in [0.4, 0.5) is 17.2 Å². The third kappa shape index (κ3) is 6.38. The number of hydrogen-bond donors (Lipinski definition) is 1. The number of benzene rings is 2. The fraction of sp³-hybridized carbons (Fsp3) is 0.320. The van der Waals surface area contributed by atoms with Gasteiger partial charge in [-0.15, -0.1) is 10.2 Å². The lowest BCUT2D eigenvalue weighted by atomic mass is 10.2. The van der Waals surface area contributed by atoms with Crippen LogP contribution < -0.4 is 19.9 Å². The van der Waals surface area contributed by atoms with Crippen LogP contribution in [-0.4, -0.2) is 54.6 Å². The van der Waals surface area contributed by atoms with Crippen molar-refractivity contribution in [1.82, 2.24) is 10.2 Å². The van der Waals surface area contributed by atoms with Gasteiger partial charge in [0.25, 0.3) is 0 Å². The van der Waals surface area contributed by atoms with Crippen molar-refractivity contribution in [2.75, 3.05) is 53.7 Å². The first-order valence-corrected chi connectivity index (χ1v) is 12.1. The van der Waals surface area contributed by atoms with E-state index in [0.717, 1.165) is 48.5 Å². The second kappa shape index (κ2) is 11.0. The van der Waals surface area contributed by atoms with Gasteiger partial charge in [0.2, 0.25) is 5.91 Å². The molecule has 4 rings (SSSR count). The predicted octanol–water partition coefficient (Wildman–Crippen LogP) is 4.24. The summed E-state index contributed by atoms with van der Waals surface area (Å²) in [5.41, 5.74) is 3.30. The van der Waals surface area contributed by atoms with E-state index in [1.165, 1.54) is 23.0 Å². The summed E-state index contributed by atoms with van der Waals surface area (Å²) in [5, 5.41) is 12.3. The van der Waals surface area contributed by atoms with Crippen molar-refractivity contribution in [1.29, 1.82) is 0 Å². The molecule has 0 aliphatic carbocycles. The molecule has 1 saturated heterocycles. The monoisotopic (exact) mass is 463 g/mol. The summed E-state index contributed by atoms with van der Waals surface area (Å²) in [7, 11) is 0. The normalized spacial score (nSPS) is 13.6. The first-order valence-electron chi connectivity index (χ1n) is 11.2. The Hall–Kier alpha value is -3.26. The number of carbonyl (C=O) groups excluding carboxylic acids is 1. The number of rotatable bonds is 8. The molecule has 1 fully saturated rings. The van der Waals surface area contributed by atoms with Gasteiger partial charge in [-0.05, 0) is 67.9 Å². The number of piperazine rings is 1. The van der Waals surface area contributed by atoms with E-state index < -0.39 is 0 Å². The standard InChI is InChI=1S/C25H29N5O2S/c1-3-32-22-9-7-20(8-10-22)26-24(31)18-33-25-12-11-23(27-28-25)30-15-13-29(14-16-30)21-6-4-5-19(2)17-21/h4-12,17H,3,13-16,18H2,1-2H3,(H,26,31). The molecule has 0 saturated carbocycles. The molecule has 0 unspecified atom stereocenters. The molecule has 2 aromatic carbocycles. The summed E-state index contributed by atoms with van der Waals surface area (Å²) < 4.78 is 5.42. The van der Waals surface area contributed by atoms with E-state index in [-0.39, 0.29) is 11.7 Å². The zero-order valence-corrected chi connectivity index (χ0v) is 19.8. The van der Waals surface area contributed by atoms with E-state index in [1.807, 2.05) is 43.3 Å². The van der Waals surface area contributed by atoms with Crippen LogP contribution >= 0.6 is 11.8 Å². The molecule has 1 aliphatic heterocycles. The Morgan fingerprint density at radius 1 is 1.00 bits per heavy atom. The molecule has 1 N–H and O–H groups in total. The fourth-order valence-electron chi connectivity index (χ4n) is 3.71. The highest BCUT2D eigenvalue weighted by molar-refractivity contribution is 7.99. The Morgan fingerprint density at radius 2 is 1.76 bits per heavy atom. The van der Waals surface area contributed by atoms with Crippen molar-refractivity contribution < 1.29 is 9.53 Å². The van der Waals surface area contributed by atoms with Crippen molar-refractivity contribution in [3.8, 4) is 5.75 Å². The maximum Gasteiger partial charge on any atom is 0.234 e. The molecule has 0 spiro atoms. The number of hydrogen-bond acceptors (Lipinski definition) is 7. The molecule has 172 valence electrons. The average Bonchev–Trinajstić information content (AvgIpc) is 2.85. The van der Waals surface area contributed by atoms with E-state index in [1.54, 1.807) is 0 Å². The van der Waals surface area contributed by atoms with Crippen molar-refractivity contribution in [3.05, 3.63) is 66.2 Å². The van der Waals surface area contributed by atoms with Gasteiger partial charge in [0.15, 0.2) is 5.82 Å². The summed E-state index contributed by atoms with van der Waals surface area (Å²) in [4.78, 5) is 16.9. The predicted molar refractivity (Wildman–Crippen MR) is 135 cm³/mol. The molecule has 0 radical (unpaired) electrons. The molecule has 33 heavy (non-hydrogen) atoms. The minimum Gasteiger partial charge on any atom is -0.494 e. The molecule has 0 bridgehead atoms. The van der Waals surface area contributed by atoms with Crippen molar-refractivity contribution in [2.24, 2.45) is 0 Å². The number of nitrogens with one attached hydrogen (secondary N) is 1. The first-order chi connectivity index (χ1) is 16.1. The van der Waals surface area contributed by atoms with Crippen LogP contribution in [0.25, 0.3) is 0 Å². The van der Waals surface area contributed by atoms with Crippen LogP contribution in [0.5, 0.6) is 5.75 Å². The number of thioether (sulfide) groups is 1. The smallest absolute Gasteiger partial charge is 0.234 e. The first kappa shape index (κ1) is 22.9. The molecule has 0 atom stereocenters. The van der Waals surface area contributed by atoms with Gasteiger partial charge in [-0.3, -0.25) is 4.79 Å². The van der Waals surface area contributed by atoms with Gasteiger partial charge < -0.3 is 19.9 Å². The van der Waals surface area contributed by atoms with Crippen molar-refractivity contribution in [3.63, 3.8) is 0 Å². The van der Waals surface area contributed by atoms with Gasteiger partial charge >= 0.3 is 0 Å². The highest BCUT2D eigenvalue weighted by Gasteiger charge is 2.19. The Bertz CT molecular complexity index is 1050. The summed E-state index contributed by atoms with van der Waals surface area (Å²) in [5.74, 6) is 1.86. The van der Waals surface area contributed by atoms with E-state index in [0.29, 0.717) is 6.61 Å². The number of amides is 1. The fourth-order valence-corrected chi connectivity index (χ4v) is 4.33. The topological polar surface area (TPSA) is 70.6 Å². The number of nitrogens with zero attached hydrogens (tertiary/aromatic N) is 4. The van der Waals surface area contributed by atoms with Crippen LogP contribution in [-0.2, 0) is 4.79 Å². The molecule has 7 nitrogen and oxygen atoms in total. The number of aromatic nitrogens is 2. The summed E-state index contributed by atoms with van der Waals surface area (Å²) in [6, 6.07) is 19.9. The number of anilines is 3. The number of carbonyl (C=O) groups is 1. The number of ether oxygens (including phenoxy) is 1. The van der Waals surface area contributed by atoms with Gasteiger partial charge in [0, 0.05) is 37.6 Å². The zero-order chi connectivity index (χ0) is 23.0. The molecule has 1 aliphatic rings. The van der Waals surface area contributed by atoms with Crippen LogP contribution in [0.15, 0.2) is 65.7 Å². The van der Waals surface area contributed by atoms with Gasteiger partial charge in [-0.25, -0.2) is 0 Å². The maximum absolute atomic E-state index is 12.3. The van der Waals surface area contributed by atoms with E-state index in [2.05, 4.69) is 56.5 Å². The zero-order valence-electron chi connectivity index (χ0n) is 19.0. The van der Waals surface area contributed by atoms with E-state index >= 15 is 0 Å². The molecule has 8 heteroatoms. The van der Waals surface area contributed by atoms with E-state index in [4.69, 9.17) is 4.74 Å². The summed E-state index contributed by atoms with van der Waals surface area (Å²) in [6.45, 7) is 8.39. The Balaban J connectivity index is 1.23. The Morgan fingerprint density at radius 3 is 2.42 bits per heavy atom. The van der Waals surface area contributed by atoms with Crippen LogP contribution in [0.2, 0.25) is 0 Å². The van der Waals surface area contributed by atoms with Gasteiger partial charge in [0.1, 0.15) is 10.8 Å². The summed E-state index contributed by atoms with van der Waals surface area (Å²) >= 11 is 1.38. The molecular formula is C25H29N5O2S. The molecule has 2 heterocycles. The third-order valence-electron chi connectivity index (χ3n) is 5.40. The maximum atomic E-state index is 12.3. The highest BCUT2D eigenvalue weighted by Crippen LogP contribution is 2.22. The van der Waals surface area contributed by atoms with E-state index in [9.17, 15) is 4.79 Å². The second-order valence-corrected chi connectivity index (χ2v) is 8.83. The second-order valence-electron chi connectivity index (χ2n) is 7.84. The van der Waals surface area contributed by atoms with Crippen LogP contribution in [0.1, 0.15) is 12.5 Å². The SMILES string of the molecule is CCOc1ccc(NC(=O)CSc2ccc(N3CCN(c4cccc(C)c4)CC3)nn2)cc1. The van der Waals surface area contributed by atoms with Crippen LogP contribution in [0, 0.1) is 6.92 Å². The van der Waals surface area contributed by atoms with Gasteiger partial charge in [-0.1, -0.05) is 23.9 Å². The molecule has 1 aromatic heterocycles. The summed E-state index contributed by atoms with van der Waals surface area (Å²) in [6.07, 6.45) is 0. The highest BCUT2D eigenvalue weighted by atomic mass is 32.2. The van der Waals surface area contributed by atoms with Crippen LogP contribution in [0.3, 0.4) is 0 Å².